The van der Waals surface area contributed by atoms with E-state index in [0.717, 1.165) is 23.8 Å². The van der Waals surface area contributed by atoms with Gasteiger partial charge in [0.1, 0.15) is 17.7 Å². The summed E-state index contributed by atoms with van der Waals surface area (Å²) in [6.07, 6.45) is 0.575. The van der Waals surface area contributed by atoms with Crippen molar-refractivity contribution in [1.82, 2.24) is 4.90 Å². The van der Waals surface area contributed by atoms with Gasteiger partial charge in [0.2, 0.25) is 5.91 Å². The molecule has 0 aliphatic heterocycles. The Morgan fingerprint density at radius 1 is 1.19 bits per heavy atom. The van der Waals surface area contributed by atoms with E-state index in [1.165, 1.54) is 11.9 Å². The molecular weight excluding hydrogens is 340 g/mol. The molecule has 0 radical (unpaired) electrons. The number of halogens is 2. The first-order chi connectivity index (χ1) is 12.4. The fraction of sp³-hybridized carbons (Fsp3) is 0.300. The Labute approximate surface area is 150 Å². The van der Waals surface area contributed by atoms with Gasteiger partial charge in [-0.15, -0.1) is 0 Å². The second-order valence-corrected chi connectivity index (χ2v) is 6.61. The Balaban J connectivity index is 1.72. The van der Waals surface area contributed by atoms with Crippen molar-refractivity contribution in [2.24, 2.45) is 5.92 Å². The fourth-order valence-electron chi connectivity index (χ4n) is 3.25. The number of carboxylic acid groups (broad SMARTS) is 1. The summed E-state index contributed by atoms with van der Waals surface area (Å²) in [5.41, 5.74) is 0.981. The van der Waals surface area contributed by atoms with Crippen LogP contribution in [0.1, 0.15) is 23.5 Å². The molecule has 0 spiro atoms. The highest BCUT2D eigenvalue weighted by Crippen LogP contribution is 2.49. The van der Waals surface area contributed by atoms with Gasteiger partial charge in [0.15, 0.2) is 0 Å². The lowest BCUT2D eigenvalue weighted by molar-refractivity contribution is -0.149. The zero-order chi connectivity index (χ0) is 18.8. The van der Waals surface area contributed by atoms with Crippen LogP contribution in [-0.4, -0.2) is 35.0 Å². The number of hydrogen-bond acceptors (Lipinski definition) is 2. The number of rotatable bonds is 6. The quantitative estimate of drug-likeness (QED) is 0.862. The van der Waals surface area contributed by atoms with E-state index in [2.05, 4.69) is 0 Å². The molecule has 136 valence electrons. The fourth-order valence-corrected chi connectivity index (χ4v) is 3.25. The van der Waals surface area contributed by atoms with Crippen LogP contribution < -0.4 is 0 Å². The zero-order valence-corrected chi connectivity index (χ0v) is 14.2. The van der Waals surface area contributed by atoms with Gasteiger partial charge >= 0.3 is 5.97 Å². The van der Waals surface area contributed by atoms with Gasteiger partial charge in [0.25, 0.3) is 0 Å². The van der Waals surface area contributed by atoms with E-state index < -0.39 is 35.5 Å². The van der Waals surface area contributed by atoms with Crippen molar-refractivity contribution in [3.63, 3.8) is 0 Å². The third-order valence-corrected chi connectivity index (χ3v) is 4.84. The summed E-state index contributed by atoms with van der Waals surface area (Å²) in [7, 11) is 1.45. The number of carbonyl (C=O) groups is 2. The van der Waals surface area contributed by atoms with E-state index in [9.17, 15) is 23.5 Å². The van der Waals surface area contributed by atoms with Gasteiger partial charge in [-0.3, -0.25) is 4.79 Å². The van der Waals surface area contributed by atoms with Crippen molar-refractivity contribution in [2.45, 2.75) is 24.8 Å². The number of aliphatic carboxylic acids is 1. The molecule has 26 heavy (non-hydrogen) atoms. The molecule has 1 aliphatic rings. The lowest BCUT2D eigenvalue weighted by atomic mass is 10.0. The molecule has 3 unspecified atom stereocenters. The molecule has 1 N–H and O–H groups in total. The summed E-state index contributed by atoms with van der Waals surface area (Å²) >= 11 is 0. The minimum Gasteiger partial charge on any atom is -0.480 e. The molecule has 4 nitrogen and oxygen atoms in total. The average Bonchev–Trinajstić information content (AvgIpc) is 3.41. The third-order valence-electron chi connectivity index (χ3n) is 4.84. The molecule has 0 heterocycles. The zero-order valence-electron chi connectivity index (χ0n) is 14.2. The third kappa shape index (κ3) is 3.74. The summed E-state index contributed by atoms with van der Waals surface area (Å²) in [5, 5.41) is 9.52. The molecule has 3 atom stereocenters. The molecule has 2 aromatic rings. The topological polar surface area (TPSA) is 57.6 Å². The normalized spacial score (nSPS) is 19.7. The highest BCUT2D eigenvalue weighted by Gasteiger charge is 2.48. The maximum Gasteiger partial charge on any atom is 0.326 e. The van der Waals surface area contributed by atoms with Crippen LogP contribution >= 0.6 is 0 Å². The molecular formula is C20H19F2NO3. The molecule has 1 aliphatic carbocycles. The molecule has 2 aromatic carbocycles. The molecule has 0 bridgehead atoms. The minimum atomic E-state index is -1.10. The smallest absolute Gasteiger partial charge is 0.326 e. The average molecular weight is 359 g/mol. The van der Waals surface area contributed by atoms with Gasteiger partial charge in [0.05, 0.1) is 0 Å². The SMILES string of the molecule is CN(C(=O)C1CC1c1cc(F)ccc1F)C(Cc1ccccc1)C(=O)O. The molecule has 1 fully saturated rings. The Hall–Kier alpha value is -2.76. The van der Waals surface area contributed by atoms with Gasteiger partial charge in [-0.05, 0) is 41.7 Å². The van der Waals surface area contributed by atoms with Crippen LogP contribution in [0.3, 0.4) is 0 Å². The second-order valence-electron chi connectivity index (χ2n) is 6.61. The van der Waals surface area contributed by atoms with E-state index in [4.69, 9.17) is 0 Å². The summed E-state index contributed by atoms with van der Waals surface area (Å²) in [6, 6.07) is 11.2. The Bertz CT molecular complexity index is 825. The molecule has 6 heteroatoms. The van der Waals surface area contributed by atoms with Crippen molar-refractivity contribution in [3.05, 3.63) is 71.3 Å². The van der Waals surface area contributed by atoms with Gasteiger partial charge in [-0.25, -0.2) is 13.6 Å². The Morgan fingerprint density at radius 3 is 2.54 bits per heavy atom. The summed E-state index contributed by atoms with van der Waals surface area (Å²) < 4.78 is 27.2. The number of nitrogens with zero attached hydrogens (tertiary/aromatic N) is 1. The van der Waals surface area contributed by atoms with Gasteiger partial charge < -0.3 is 10.0 Å². The molecule has 1 amide bonds. The van der Waals surface area contributed by atoms with Crippen LogP contribution in [0.25, 0.3) is 0 Å². The van der Waals surface area contributed by atoms with Crippen LogP contribution in [-0.2, 0) is 16.0 Å². The standard InChI is InChI=1S/C20H19F2NO3/c1-23(18(20(25)26)9-12-5-3-2-4-6-12)19(24)16-11-14(16)15-10-13(21)7-8-17(15)22/h2-8,10,14,16,18H,9,11H2,1H3,(H,25,26). The minimum absolute atomic E-state index is 0.173. The van der Waals surface area contributed by atoms with Crippen molar-refractivity contribution < 1.29 is 23.5 Å². The molecule has 0 aromatic heterocycles. The van der Waals surface area contributed by atoms with Crippen molar-refractivity contribution in [2.75, 3.05) is 7.05 Å². The van der Waals surface area contributed by atoms with Crippen molar-refractivity contribution in [3.8, 4) is 0 Å². The van der Waals surface area contributed by atoms with Gasteiger partial charge in [-0.1, -0.05) is 30.3 Å². The number of likely N-dealkylation sites (N-methyl/N-ethyl adjacent to an activating group) is 1. The van der Waals surface area contributed by atoms with Crippen LogP contribution in [0.2, 0.25) is 0 Å². The summed E-state index contributed by atoms with van der Waals surface area (Å²) in [6.45, 7) is 0. The predicted octanol–water partition coefficient (Wildman–Crippen LogP) is 3.22. The molecule has 1 saturated carbocycles. The first-order valence-corrected chi connectivity index (χ1v) is 8.37. The Morgan fingerprint density at radius 2 is 1.88 bits per heavy atom. The van der Waals surface area contributed by atoms with Crippen molar-refractivity contribution in [1.29, 1.82) is 0 Å². The lowest BCUT2D eigenvalue weighted by Gasteiger charge is -2.25. The monoisotopic (exact) mass is 359 g/mol. The van der Waals surface area contributed by atoms with E-state index >= 15 is 0 Å². The maximum atomic E-state index is 13.9. The van der Waals surface area contributed by atoms with Crippen molar-refractivity contribution >= 4 is 11.9 Å². The molecule has 3 rings (SSSR count). The van der Waals surface area contributed by atoms with E-state index in [1.807, 2.05) is 6.07 Å². The highest BCUT2D eigenvalue weighted by atomic mass is 19.1. The van der Waals surface area contributed by atoms with E-state index in [0.29, 0.717) is 6.42 Å². The lowest BCUT2D eigenvalue weighted by Crippen LogP contribution is -2.44. The predicted molar refractivity (Wildman–Crippen MR) is 91.5 cm³/mol. The van der Waals surface area contributed by atoms with Crippen LogP contribution in [0.5, 0.6) is 0 Å². The van der Waals surface area contributed by atoms with Crippen LogP contribution in [0.4, 0.5) is 8.78 Å². The summed E-state index contributed by atoms with van der Waals surface area (Å²) in [4.78, 5) is 25.5. The largest absolute Gasteiger partial charge is 0.480 e. The number of carbonyl (C=O) groups excluding carboxylic acids is 1. The number of hydrogen-bond donors (Lipinski definition) is 1. The van der Waals surface area contributed by atoms with E-state index in [-0.39, 0.29) is 17.9 Å². The van der Waals surface area contributed by atoms with Crippen LogP contribution in [0.15, 0.2) is 48.5 Å². The van der Waals surface area contributed by atoms with Gasteiger partial charge in [0, 0.05) is 19.4 Å². The van der Waals surface area contributed by atoms with Gasteiger partial charge in [-0.2, -0.15) is 0 Å². The van der Waals surface area contributed by atoms with Crippen LogP contribution in [0, 0.1) is 17.6 Å². The number of benzene rings is 2. The summed E-state index contributed by atoms with van der Waals surface area (Å²) in [5.74, 6) is -3.49. The highest BCUT2D eigenvalue weighted by molar-refractivity contribution is 5.87. The molecule has 0 saturated heterocycles. The second kappa shape index (κ2) is 7.23. The first kappa shape index (κ1) is 18.0. The maximum absolute atomic E-state index is 13.9. The van der Waals surface area contributed by atoms with E-state index in [1.54, 1.807) is 24.3 Å². The number of carboxylic acids is 1. The first-order valence-electron chi connectivity index (χ1n) is 8.37. The number of amides is 1. The Kier molecular flexibility index (Phi) is 5.02.